The Bertz CT molecular complexity index is 458. The summed E-state index contributed by atoms with van der Waals surface area (Å²) < 4.78 is 0. The van der Waals surface area contributed by atoms with Crippen molar-refractivity contribution in [1.29, 1.82) is 5.26 Å². The molecule has 0 bridgehead atoms. The fourth-order valence-corrected chi connectivity index (χ4v) is 0.945. The maximum absolute atomic E-state index is 8.54. The molecule has 56 valence electrons. The average molecular weight is 156 g/mol. The van der Waals surface area contributed by atoms with Gasteiger partial charge in [0.15, 0.2) is 0 Å². The van der Waals surface area contributed by atoms with Crippen LogP contribution >= 0.6 is 0 Å². The number of rotatable bonds is 0. The Hall–Kier alpha value is -2.02. The third kappa shape index (κ3) is 0.974. The van der Waals surface area contributed by atoms with Gasteiger partial charge in [0.2, 0.25) is 0 Å². The zero-order valence-corrected chi connectivity index (χ0v) is 6.10. The molecule has 4 heteroatoms. The number of pyridine rings is 1. The van der Waals surface area contributed by atoms with E-state index in [1.807, 2.05) is 6.07 Å². The molecule has 0 saturated carbocycles. The van der Waals surface area contributed by atoms with Crippen LogP contribution in [0.1, 0.15) is 5.69 Å². The van der Waals surface area contributed by atoms with Crippen LogP contribution in [-0.4, -0.2) is 15.0 Å². The van der Waals surface area contributed by atoms with Crippen LogP contribution < -0.4 is 0 Å². The molecule has 0 radical (unpaired) electrons. The van der Waals surface area contributed by atoms with Crippen molar-refractivity contribution in [3.05, 3.63) is 30.5 Å². The average Bonchev–Trinajstić information content (AvgIpc) is 2.17. The Morgan fingerprint density at radius 3 is 3.00 bits per heavy atom. The molecule has 0 amide bonds. The minimum Gasteiger partial charge on any atom is -0.244 e. The SMILES string of the molecule is N#Cc1cc2cncnc2cn1. The molecular weight excluding hydrogens is 152 g/mol. The summed E-state index contributed by atoms with van der Waals surface area (Å²) in [5, 5.41) is 9.38. The molecule has 0 aliphatic heterocycles. The van der Waals surface area contributed by atoms with Crippen molar-refractivity contribution in [2.75, 3.05) is 0 Å². The summed E-state index contributed by atoms with van der Waals surface area (Å²) in [6, 6.07) is 3.61. The highest BCUT2D eigenvalue weighted by molar-refractivity contribution is 5.77. The van der Waals surface area contributed by atoms with Crippen molar-refractivity contribution in [3.8, 4) is 6.07 Å². The summed E-state index contributed by atoms with van der Waals surface area (Å²) in [7, 11) is 0. The van der Waals surface area contributed by atoms with Gasteiger partial charge in [0, 0.05) is 11.6 Å². The van der Waals surface area contributed by atoms with E-state index >= 15 is 0 Å². The molecule has 0 unspecified atom stereocenters. The molecule has 4 nitrogen and oxygen atoms in total. The van der Waals surface area contributed by atoms with Gasteiger partial charge in [-0.15, -0.1) is 0 Å². The van der Waals surface area contributed by atoms with E-state index in [0.717, 1.165) is 10.9 Å². The van der Waals surface area contributed by atoms with Gasteiger partial charge in [-0.05, 0) is 6.07 Å². The number of aromatic nitrogens is 3. The first-order valence-electron chi connectivity index (χ1n) is 3.36. The second-order valence-corrected chi connectivity index (χ2v) is 2.26. The van der Waals surface area contributed by atoms with Crippen LogP contribution in [0.3, 0.4) is 0 Å². The van der Waals surface area contributed by atoms with Crippen molar-refractivity contribution in [2.24, 2.45) is 0 Å². The van der Waals surface area contributed by atoms with Gasteiger partial charge >= 0.3 is 0 Å². The predicted octanol–water partition coefficient (Wildman–Crippen LogP) is 0.896. The molecule has 0 atom stereocenters. The lowest BCUT2D eigenvalue weighted by molar-refractivity contribution is 1.19. The molecule has 2 heterocycles. The number of fused-ring (bicyclic) bond motifs is 1. The molecule has 0 fully saturated rings. The molecule has 2 rings (SSSR count). The summed E-state index contributed by atoms with van der Waals surface area (Å²) in [5.74, 6) is 0. The fourth-order valence-electron chi connectivity index (χ4n) is 0.945. The third-order valence-electron chi connectivity index (χ3n) is 1.51. The highest BCUT2D eigenvalue weighted by Crippen LogP contribution is 2.07. The van der Waals surface area contributed by atoms with Crippen LogP contribution in [0.15, 0.2) is 24.8 Å². The van der Waals surface area contributed by atoms with Crippen LogP contribution in [0.5, 0.6) is 0 Å². The highest BCUT2D eigenvalue weighted by atomic mass is 14.8. The zero-order chi connectivity index (χ0) is 8.39. The maximum atomic E-state index is 8.54. The Labute approximate surface area is 68.5 Å². The topological polar surface area (TPSA) is 62.5 Å². The molecule has 0 aliphatic carbocycles. The van der Waals surface area contributed by atoms with Crippen LogP contribution in [0.4, 0.5) is 0 Å². The van der Waals surface area contributed by atoms with E-state index in [1.54, 1.807) is 18.5 Å². The van der Waals surface area contributed by atoms with Crippen molar-refractivity contribution < 1.29 is 0 Å². The zero-order valence-electron chi connectivity index (χ0n) is 6.10. The Morgan fingerprint density at radius 1 is 1.25 bits per heavy atom. The monoisotopic (exact) mass is 156 g/mol. The summed E-state index contributed by atoms with van der Waals surface area (Å²) >= 11 is 0. The van der Waals surface area contributed by atoms with Crippen molar-refractivity contribution in [1.82, 2.24) is 15.0 Å². The Kier molecular flexibility index (Phi) is 1.42. The van der Waals surface area contributed by atoms with E-state index in [9.17, 15) is 0 Å². The van der Waals surface area contributed by atoms with Crippen molar-refractivity contribution in [3.63, 3.8) is 0 Å². The third-order valence-corrected chi connectivity index (χ3v) is 1.51. The number of hydrogen-bond acceptors (Lipinski definition) is 4. The second-order valence-electron chi connectivity index (χ2n) is 2.26. The number of hydrogen-bond donors (Lipinski definition) is 0. The first-order chi connectivity index (χ1) is 5.90. The van der Waals surface area contributed by atoms with Crippen LogP contribution in [-0.2, 0) is 0 Å². The number of nitrogens with zero attached hydrogens (tertiary/aromatic N) is 4. The molecule has 0 spiro atoms. The van der Waals surface area contributed by atoms with Gasteiger partial charge in [-0.3, -0.25) is 0 Å². The van der Waals surface area contributed by atoms with E-state index in [-0.39, 0.29) is 0 Å². The van der Waals surface area contributed by atoms with Gasteiger partial charge in [-0.1, -0.05) is 0 Å². The Morgan fingerprint density at radius 2 is 2.17 bits per heavy atom. The summed E-state index contributed by atoms with van der Waals surface area (Å²) in [5.41, 5.74) is 1.14. The molecule has 0 N–H and O–H groups in total. The van der Waals surface area contributed by atoms with Gasteiger partial charge in [-0.25, -0.2) is 15.0 Å². The van der Waals surface area contributed by atoms with Gasteiger partial charge in [0.05, 0.1) is 11.7 Å². The predicted molar refractivity (Wildman–Crippen MR) is 42.0 cm³/mol. The molecule has 2 aromatic heterocycles. The van der Waals surface area contributed by atoms with E-state index in [1.165, 1.54) is 6.33 Å². The summed E-state index contributed by atoms with van der Waals surface area (Å²) in [6.45, 7) is 0. The normalized spacial score (nSPS) is 9.58. The highest BCUT2D eigenvalue weighted by Gasteiger charge is 1.96. The van der Waals surface area contributed by atoms with E-state index in [0.29, 0.717) is 5.69 Å². The van der Waals surface area contributed by atoms with E-state index in [2.05, 4.69) is 15.0 Å². The summed E-state index contributed by atoms with van der Waals surface area (Å²) in [6.07, 6.45) is 4.68. The van der Waals surface area contributed by atoms with Crippen LogP contribution in [0.2, 0.25) is 0 Å². The molecule has 12 heavy (non-hydrogen) atoms. The van der Waals surface area contributed by atoms with Gasteiger partial charge in [0.1, 0.15) is 18.1 Å². The molecule has 0 aliphatic rings. The smallest absolute Gasteiger partial charge is 0.141 e. The number of nitriles is 1. The van der Waals surface area contributed by atoms with Gasteiger partial charge in [0.25, 0.3) is 0 Å². The van der Waals surface area contributed by atoms with Crippen LogP contribution in [0, 0.1) is 11.3 Å². The molecule has 0 saturated heterocycles. The second kappa shape index (κ2) is 2.55. The van der Waals surface area contributed by atoms with Crippen molar-refractivity contribution in [2.45, 2.75) is 0 Å². The largest absolute Gasteiger partial charge is 0.244 e. The summed E-state index contributed by atoms with van der Waals surface area (Å²) in [4.78, 5) is 11.7. The molecular formula is C8H4N4. The lowest BCUT2D eigenvalue weighted by Crippen LogP contribution is -1.85. The van der Waals surface area contributed by atoms with Crippen molar-refractivity contribution >= 4 is 10.9 Å². The van der Waals surface area contributed by atoms with E-state index < -0.39 is 0 Å². The van der Waals surface area contributed by atoms with Crippen LogP contribution in [0.25, 0.3) is 10.9 Å². The molecule has 0 aromatic carbocycles. The Balaban J connectivity index is 2.78. The quantitative estimate of drug-likeness (QED) is 0.568. The maximum Gasteiger partial charge on any atom is 0.141 e. The first kappa shape index (κ1) is 6.68. The minimum absolute atomic E-state index is 0.386. The standard InChI is InChI=1S/C8H4N4/c9-2-7-1-6-3-10-5-12-8(6)4-11-7/h1,3-5H. The lowest BCUT2D eigenvalue weighted by atomic mass is 10.3. The first-order valence-corrected chi connectivity index (χ1v) is 3.36. The minimum atomic E-state index is 0.386. The van der Waals surface area contributed by atoms with Gasteiger partial charge in [-0.2, -0.15) is 5.26 Å². The lowest BCUT2D eigenvalue weighted by Gasteiger charge is -1.93. The van der Waals surface area contributed by atoms with E-state index in [4.69, 9.17) is 5.26 Å². The van der Waals surface area contributed by atoms with Gasteiger partial charge < -0.3 is 0 Å². The molecule has 2 aromatic rings. The fraction of sp³-hybridized carbons (Fsp3) is 0.